The van der Waals surface area contributed by atoms with Crippen molar-refractivity contribution in [3.05, 3.63) is 0 Å². The van der Waals surface area contributed by atoms with Crippen LogP contribution < -0.4 is 0 Å². The molecule has 0 aromatic rings. The van der Waals surface area contributed by atoms with Crippen molar-refractivity contribution in [2.75, 3.05) is 0 Å². The predicted molar refractivity (Wildman–Crippen MR) is 83.0 cm³/mol. The fourth-order valence-corrected chi connectivity index (χ4v) is 2.31. The molecule has 0 rings (SSSR count). The first-order valence-corrected chi connectivity index (χ1v) is 8.98. The molecule has 0 aliphatic rings. The molecule has 0 saturated carbocycles. The van der Waals surface area contributed by atoms with E-state index < -0.39 is 30.5 Å². The largest absolute Gasteiger partial charge is 0.423 e. The summed E-state index contributed by atoms with van der Waals surface area (Å²) in [5, 5.41) is 0. The summed E-state index contributed by atoms with van der Waals surface area (Å²) in [5.41, 5.74) is 0. The second-order valence-electron chi connectivity index (χ2n) is 6.66. The molecule has 0 aliphatic heterocycles. The molecule has 0 atom stereocenters. The lowest BCUT2D eigenvalue weighted by atomic mass is 10.0. The maximum absolute atomic E-state index is 13.4. The maximum Gasteiger partial charge on any atom is 0.423 e. The molecule has 0 radical (unpaired) electrons. The highest BCUT2D eigenvalue weighted by atomic mass is 19.3. The van der Waals surface area contributed by atoms with E-state index in [1.54, 1.807) is 0 Å². The highest BCUT2D eigenvalue weighted by Gasteiger charge is 2.66. The van der Waals surface area contributed by atoms with Crippen LogP contribution in [0.2, 0.25) is 0 Å². The van der Waals surface area contributed by atoms with Crippen LogP contribution in [0.25, 0.3) is 0 Å². The van der Waals surface area contributed by atoms with Gasteiger partial charge in [0.15, 0.2) is 0 Å². The van der Waals surface area contributed by atoms with Gasteiger partial charge in [-0.15, -0.1) is 0 Å². The Morgan fingerprint density at radius 2 is 0.962 bits per heavy atom. The number of halogens is 8. The maximum atomic E-state index is 13.4. The number of unbranched alkanes of at least 4 members (excludes halogenated alkanes) is 9. The van der Waals surface area contributed by atoms with Crippen LogP contribution in [0.1, 0.15) is 84.5 Å². The SMILES string of the molecule is CCCCCCCCCCCCC(F)(F)C(F)(F)OC(F)(F)C(C)(F)F. The summed E-state index contributed by atoms with van der Waals surface area (Å²) >= 11 is 0. The number of alkyl halides is 8. The van der Waals surface area contributed by atoms with Gasteiger partial charge >= 0.3 is 24.1 Å². The van der Waals surface area contributed by atoms with Gasteiger partial charge in [-0.3, -0.25) is 0 Å². The van der Waals surface area contributed by atoms with Gasteiger partial charge in [-0.25, -0.2) is 4.74 Å². The molecule has 0 unspecified atom stereocenters. The number of hydrogen-bond donors (Lipinski definition) is 0. The molecular weight excluding hydrogens is 372 g/mol. The van der Waals surface area contributed by atoms with Gasteiger partial charge in [0, 0.05) is 13.3 Å². The van der Waals surface area contributed by atoms with Crippen molar-refractivity contribution < 1.29 is 39.9 Å². The standard InChI is InChI=1S/C17H28F8O/c1-3-4-5-6-7-8-9-10-11-12-13-15(20,21)17(24,25)26-16(22,23)14(2,18)19/h3-13H2,1-2H3. The van der Waals surface area contributed by atoms with Gasteiger partial charge in [-0.05, 0) is 6.42 Å². The van der Waals surface area contributed by atoms with Crippen molar-refractivity contribution in [1.82, 2.24) is 0 Å². The molecule has 26 heavy (non-hydrogen) atoms. The van der Waals surface area contributed by atoms with Crippen LogP contribution in [0, 0.1) is 0 Å². The lowest BCUT2D eigenvalue weighted by molar-refractivity contribution is -0.465. The predicted octanol–water partition coefficient (Wildman–Crippen LogP) is 7.79. The van der Waals surface area contributed by atoms with E-state index in [1.807, 2.05) is 0 Å². The third-order valence-electron chi connectivity index (χ3n) is 4.04. The van der Waals surface area contributed by atoms with Crippen molar-refractivity contribution in [2.24, 2.45) is 0 Å². The van der Waals surface area contributed by atoms with Crippen LogP contribution in [0.5, 0.6) is 0 Å². The van der Waals surface area contributed by atoms with Crippen LogP contribution in [0.4, 0.5) is 35.1 Å². The van der Waals surface area contributed by atoms with Crippen molar-refractivity contribution in [3.8, 4) is 0 Å². The van der Waals surface area contributed by atoms with E-state index in [0.29, 0.717) is 6.42 Å². The van der Waals surface area contributed by atoms with Gasteiger partial charge in [-0.2, -0.15) is 35.1 Å². The first-order chi connectivity index (χ1) is 11.8. The lowest BCUT2D eigenvalue weighted by Crippen LogP contribution is -2.52. The van der Waals surface area contributed by atoms with Gasteiger partial charge < -0.3 is 0 Å². The van der Waals surface area contributed by atoms with E-state index in [4.69, 9.17) is 0 Å². The summed E-state index contributed by atoms with van der Waals surface area (Å²) in [6, 6.07) is 0. The van der Waals surface area contributed by atoms with E-state index in [1.165, 1.54) is 0 Å². The molecule has 0 aromatic carbocycles. The molecule has 0 aliphatic carbocycles. The number of hydrogen-bond acceptors (Lipinski definition) is 1. The summed E-state index contributed by atoms with van der Waals surface area (Å²) < 4.78 is 106. The molecule has 0 spiro atoms. The van der Waals surface area contributed by atoms with Crippen LogP contribution >= 0.6 is 0 Å². The zero-order chi connectivity index (χ0) is 20.5. The van der Waals surface area contributed by atoms with E-state index in [0.717, 1.165) is 44.9 Å². The monoisotopic (exact) mass is 400 g/mol. The molecule has 0 saturated heterocycles. The summed E-state index contributed by atoms with van der Waals surface area (Å²) in [7, 11) is 0. The van der Waals surface area contributed by atoms with Crippen LogP contribution in [-0.4, -0.2) is 24.1 Å². The van der Waals surface area contributed by atoms with Crippen LogP contribution in [0.15, 0.2) is 0 Å². The Hall–Kier alpha value is -0.600. The minimum atomic E-state index is -5.70. The first-order valence-electron chi connectivity index (χ1n) is 8.98. The van der Waals surface area contributed by atoms with Gasteiger partial charge in [0.05, 0.1) is 0 Å². The smallest absolute Gasteiger partial charge is 0.246 e. The van der Waals surface area contributed by atoms with Crippen molar-refractivity contribution in [1.29, 1.82) is 0 Å². The molecule has 0 amide bonds. The van der Waals surface area contributed by atoms with E-state index >= 15 is 0 Å². The second-order valence-corrected chi connectivity index (χ2v) is 6.66. The third kappa shape index (κ3) is 8.86. The normalized spacial score (nSPS) is 14.1. The van der Waals surface area contributed by atoms with Gasteiger partial charge in [0.2, 0.25) is 0 Å². The Morgan fingerprint density at radius 3 is 1.35 bits per heavy atom. The molecule has 1 nitrogen and oxygen atoms in total. The quantitative estimate of drug-likeness (QED) is 0.201. The summed E-state index contributed by atoms with van der Waals surface area (Å²) in [6.45, 7) is 1.71. The summed E-state index contributed by atoms with van der Waals surface area (Å²) in [5.74, 6) is -9.97. The molecule has 9 heteroatoms. The minimum Gasteiger partial charge on any atom is -0.246 e. The number of ether oxygens (including phenoxy) is 1. The molecule has 0 aromatic heterocycles. The fourth-order valence-electron chi connectivity index (χ4n) is 2.31. The van der Waals surface area contributed by atoms with Crippen LogP contribution in [0.3, 0.4) is 0 Å². The van der Waals surface area contributed by atoms with E-state index in [-0.39, 0.29) is 19.8 Å². The first kappa shape index (κ1) is 25.4. The molecule has 0 heterocycles. The molecular formula is C17H28F8O. The van der Waals surface area contributed by atoms with Gasteiger partial charge in [0.1, 0.15) is 0 Å². The van der Waals surface area contributed by atoms with Gasteiger partial charge in [0.25, 0.3) is 0 Å². The van der Waals surface area contributed by atoms with Crippen molar-refractivity contribution in [2.45, 2.75) is 109 Å². The highest BCUT2D eigenvalue weighted by molar-refractivity contribution is 4.81. The Labute approximate surface area is 149 Å². The molecule has 0 fully saturated rings. The average Bonchev–Trinajstić information content (AvgIpc) is 2.46. The molecule has 158 valence electrons. The third-order valence-corrected chi connectivity index (χ3v) is 4.04. The second kappa shape index (κ2) is 10.7. The van der Waals surface area contributed by atoms with Crippen molar-refractivity contribution in [3.63, 3.8) is 0 Å². The molecule has 0 N–H and O–H groups in total. The fraction of sp³-hybridized carbons (Fsp3) is 1.00. The Balaban J connectivity index is 4.16. The Morgan fingerprint density at radius 1 is 0.577 bits per heavy atom. The van der Waals surface area contributed by atoms with E-state index in [9.17, 15) is 35.1 Å². The lowest BCUT2D eigenvalue weighted by Gasteiger charge is -2.31. The average molecular weight is 400 g/mol. The van der Waals surface area contributed by atoms with Crippen LogP contribution in [-0.2, 0) is 4.74 Å². The summed E-state index contributed by atoms with van der Waals surface area (Å²) in [6.07, 6.45) is -5.14. The molecule has 0 bridgehead atoms. The number of rotatable bonds is 15. The summed E-state index contributed by atoms with van der Waals surface area (Å²) in [4.78, 5) is 0. The zero-order valence-electron chi connectivity index (χ0n) is 15.2. The van der Waals surface area contributed by atoms with E-state index in [2.05, 4.69) is 11.7 Å². The minimum absolute atomic E-state index is 0.223. The Bertz CT molecular complexity index is 379. The highest BCUT2D eigenvalue weighted by Crippen LogP contribution is 2.46. The van der Waals surface area contributed by atoms with Gasteiger partial charge in [-0.1, -0.05) is 64.7 Å². The van der Waals surface area contributed by atoms with Crippen molar-refractivity contribution >= 4 is 0 Å². The zero-order valence-corrected chi connectivity index (χ0v) is 15.2. The topological polar surface area (TPSA) is 9.23 Å². The Kier molecular flexibility index (Phi) is 10.4.